The Morgan fingerprint density at radius 2 is 1.78 bits per heavy atom. The first kappa shape index (κ1) is 11.7. The van der Waals surface area contributed by atoms with Crippen molar-refractivity contribution in [3.8, 4) is 0 Å². The van der Waals surface area contributed by atoms with E-state index in [0.29, 0.717) is 24.2 Å². The molecule has 0 saturated carbocycles. The molecular weight excluding hydrogens is 254 g/mol. The summed E-state index contributed by atoms with van der Waals surface area (Å²) in [6, 6.07) is 6.48. The van der Waals surface area contributed by atoms with E-state index >= 15 is 0 Å². The first-order valence-corrected chi connectivity index (χ1v) is 6.36. The van der Waals surface area contributed by atoms with Crippen molar-refractivity contribution in [1.82, 2.24) is 4.90 Å². The largest absolute Gasteiger partial charge is 0.360 e. The molecule has 1 aromatic rings. The number of carbonyl (C=O) groups excluding carboxylic acids is 2. The summed E-state index contributed by atoms with van der Waals surface area (Å²) in [5.41, 5.74) is 0.301. The quantitative estimate of drug-likeness (QED) is 0.577. The van der Waals surface area contributed by atoms with Crippen molar-refractivity contribution in [3.05, 3.63) is 35.4 Å². The van der Waals surface area contributed by atoms with Crippen LogP contribution in [0.2, 0.25) is 0 Å². The van der Waals surface area contributed by atoms with Gasteiger partial charge in [0.25, 0.3) is 11.8 Å². The maximum Gasteiger partial charge on any atom is 0.261 e. The molecule has 2 unspecified atom stereocenters. The van der Waals surface area contributed by atoms with Gasteiger partial charge in [-0.3, -0.25) is 14.5 Å². The molecule has 0 N–H and O–H groups in total. The van der Waals surface area contributed by atoms with E-state index in [-0.39, 0.29) is 17.9 Å². The number of imide groups is 1. The molecule has 3 rings (SSSR count). The lowest BCUT2D eigenvalue weighted by atomic mass is 10.1. The van der Waals surface area contributed by atoms with Crippen LogP contribution in [0, 0.1) is 0 Å². The number of fused-ring (bicyclic) bond motifs is 1. The molecule has 18 heavy (non-hydrogen) atoms. The number of hydrogen-bond donors (Lipinski definition) is 0. The summed E-state index contributed by atoms with van der Waals surface area (Å²) in [6.07, 6.45) is 1.50. The lowest BCUT2D eigenvalue weighted by molar-refractivity contribution is 0.00165. The van der Waals surface area contributed by atoms with E-state index in [0.717, 1.165) is 6.42 Å². The predicted molar refractivity (Wildman–Crippen MR) is 65.6 cm³/mol. The third kappa shape index (κ3) is 1.64. The second-order valence-corrected chi connectivity index (χ2v) is 4.89. The average Bonchev–Trinajstić information content (AvgIpc) is 2.64. The van der Waals surface area contributed by atoms with Gasteiger partial charge in [0.1, 0.15) is 0 Å². The molecule has 2 amide bonds. The zero-order valence-corrected chi connectivity index (χ0v) is 10.4. The van der Waals surface area contributed by atoms with Gasteiger partial charge in [-0.25, -0.2) is 0 Å². The number of carbonyl (C=O) groups is 2. The van der Waals surface area contributed by atoms with E-state index in [1.807, 2.05) is 0 Å². The number of amides is 2. The monoisotopic (exact) mass is 265 g/mol. The summed E-state index contributed by atoms with van der Waals surface area (Å²) in [4.78, 5) is 25.7. The minimum Gasteiger partial charge on any atom is -0.360 e. The van der Waals surface area contributed by atoms with Gasteiger partial charge in [0.2, 0.25) is 0 Å². The van der Waals surface area contributed by atoms with Crippen LogP contribution < -0.4 is 0 Å². The second kappa shape index (κ2) is 4.37. The fraction of sp³-hybridized carbons (Fsp3) is 0.385. The molecule has 2 aliphatic rings. The summed E-state index contributed by atoms with van der Waals surface area (Å²) in [5.74, 6) is -0.534. The van der Waals surface area contributed by atoms with Crippen molar-refractivity contribution in [2.75, 3.05) is 6.61 Å². The van der Waals surface area contributed by atoms with E-state index in [1.165, 1.54) is 4.90 Å². The highest BCUT2D eigenvalue weighted by atomic mass is 35.5. The van der Waals surface area contributed by atoms with E-state index in [1.54, 1.807) is 24.3 Å². The van der Waals surface area contributed by atoms with Gasteiger partial charge in [0.15, 0.2) is 5.56 Å². The Morgan fingerprint density at radius 1 is 1.17 bits per heavy atom. The molecule has 0 spiro atoms. The van der Waals surface area contributed by atoms with Crippen molar-refractivity contribution in [2.24, 2.45) is 0 Å². The molecule has 94 valence electrons. The summed E-state index contributed by atoms with van der Waals surface area (Å²) in [6.45, 7) is 0.577. The zero-order chi connectivity index (χ0) is 12.7. The summed E-state index contributed by atoms with van der Waals surface area (Å²) in [5, 5.41) is 0. The standard InChI is InChI=1S/C13H12ClNO3/c14-11-10(6-3-7-18-11)15-12(16)8-4-1-2-5-9(8)13(15)17/h1-2,4-5,10-11H,3,6-7H2. The molecule has 0 radical (unpaired) electrons. The molecule has 0 bridgehead atoms. The van der Waals surface area contributed by atoms with Crippen LogP contribution in [0.15, 0.2) is 24.3 Å². The topological polar surface area (TPSA) is 46.6 Å². The van der Waals surface area contributed by atoms with Crippen LogP contribution in [0.1, 0.15) is 33.6 Å². The minimum absolute atomic E-state index is 0.267. The molecule has 5 heteroatoms. The third-order valence-corrected chi connectivity index (χ3v) is 3.80. The number of halogens is 1. The van der Waals surface area contributed by atoms with Gasteiger partial charge in [-0.15, -0.1) is 0 Å². The van der Waals surface area contributed by atoms with Gasteiger partial charge in [-0.1, -0.05) is 23.7 Å². The second-order valence-electron chi connectivity index (χ2n) is 4.46. The molecular formula is C13H12ClNO3. The number of benzene rings is 1. The van der Waals surface area contributed by atoms with Gasteiger partial charge in [-0.05, 0) is 25.0 Å². The summed E-state index contributed by atoms with van der Waals surface area (Å²) < 4.78 is 5.32. The molecule has 2 aliphatic heterocycles. The van der Waals surface area contributed by atoms with Gasteiger partial charge >= 0.3 is 0 Å². The van der Waals surface area contributed by atoms with E-state index < -0.39 is 5.56 Å². The Morgan fingerprint density at radius 3 is 2.33 bits per heavy atom. The van der Waals surface area contributed by atoms with Gasteiger partial charge in [0.05, 0.1) is 17.2 Å². The van der Waals surface area contributed by atoms with E-state index in [4.69, 9.17) is 16.3 Å². The Hall–Kier alpha value is -1.39. The smallest absolute Gasteiger partial charge is 0.261 e. The highest BCUT2D eigenvalue weighted by Crippen LogP contribution is 2.30. The normalized spacial score (nSPS) is 27.5. The van der Waals surface area contributed by atoms with Crippen LogP contribution in [0.25, 0.3) is 0 Å². The zero-order valence-electron chi connectivity index (χ0n) is 9.64. The minimum atomic E-state index is -0.610. The van der Waals surface area contributed by atoms with Crippen molar-refractivity contribution in [2.45, 2.75) is 24.4 Å². The number of hydrogen-bond acceptors (Lipinski definition) is 3. The summed E-state index contributed by atoms with van der Waals surface area (Å²) >= 11 is 6.07. The van der Waals surface area contributed by atoms with Crippen LogP contribution in [0.5, 0.6) is 0 Å². The van der Waals surface area contributed by atoms with Crippen LogP contribution in [0.3, 0.4) is 0 Å². The van der Waals surface area contributed by atoms with Gasteiger partial charge in [-0.2, -0.15) is 0 Å². The highest BCUT2D eigenvalue weighted by Gasteiger charge is 2.43. The Balaban J connectivity index is 1.96. The van der Waals surface area contributed by atoms with Crippen LogP contribution in [-0.2, 0) is 4.74 Å². The molecule has 1 aromatic carbocycles. The lowest BCUT2D eigenvalue weighted by Crippen LogP contribution is -2.48. The highest BCUT2D eigenvalue weighted by molar-refractivity contribution is 6.24. The van der Waals surface area contributed by atoms with Crippen molar-refractivity contribution >= 4 is 23.4 Å². The molecule has 1 fully saturated rings. The predicted octanol–water partition coefficient (Wildman–Crippen LogP) is 2.03. The lowest BCUT2D eigenvalue weighted by Gasteiger charge is -2.33. The number of alkyl halides is 1. The van der Waals surface area contributed by atoms with Crippen molar-refractivity contribution in [3.63, 3.8) is 0 Å². The average molecular weight is 266 g/mol. The van der Waals surface area contributed by atoms with E-state index in [2.05, 4.69) is 0 Å². The van der Waals surface area contributed by atoms with Gasteiger partial charge in [0, 0.05) is 6.61 Å². The number of ether oxygens (including phenoxy) is 1. The van der Waals surface area contributed by atoms with Gasteiger partial charge < -0.3 is 4.74 Å². The van der Waals surface area contributed by atoms with Crippen LogP contribution in [-0.4, -0.2) is 34.9 Å². The molecule has 2 heterocycles. The molecule has 4 nitrogen and oxygen atoms in total. The maximum absolute atomic E-state index is 12.2. The number of rotatable bonds is 1. The number of nitrogens with zero attached hydrogens (tertiary/aromatic N) is 1. The maximum atomic E-state index is 12.2. The third-order valence-electron chi connectivity index (χ3n) is 3.38. The van der Waals surface area contributed by atoms with E-state index in [9.17, 15) is 9.59 Å². The Bertz CT molecular complexity index is 482. The molecule has 2 atom stereocenters. The molecule has 0 aliphatic carbocycles. The molecule has 1 saturated heterocycles. The SMILES string of the molecule is O=C1c2ccccc2C(=O)N1C1CCCOC1Cl. The molecule has 0 aromatic heterocycles. The Kier molecular flexibility index (Phi) is 2.84. The first-order valence-electron chi connectivity index (χ1n) is 5.93. The summed E-state index contributed by atoms with van der Waals surface area (Å²) in [7, 11) is 0. The van der Waals surface area contributed by atoms with Crippen molar-refractivity contribution < 1.29 is 14.3 Å². The van der Waals surface area contributed by atoms with Crippen LogP contribution in [0.4, 0.5) is 0 Å². The fourth-order valence-corrected chi connectivity index (χ4v) is 2.81. The fourth-order valence-electron chi connectivity index (χ4n) is 2.49. The first-order chi connectivity index (χ1) is 8.70. The van der Waals surface area contributed by atoms with Crippen molar-refractivity contribution in [1.29, 1.82) is 0 Å². The van der Waals surface area contributed by atoms with Crippen LogP contribution >= 0.6 is 11.6 Å². The Labute approximate surface area is 109 Å².